The van der Waals surface area contributed by atoms with Crippen molar-refractivity contribution in [3.05, 3.63) is 24.3 Å². The zero-order chi connectivity index (χ0) is 14.0. The first-order chi connectivity index (χ1) is 8.95. The number of nitrogens with two attached hydrogens (primary N) is 1. The molecule has 0 aliphatic carbocycles. The van der Waals surface area contributed by atoms with Gasteiger partial charge in [0.05, 0.1) is 11.4 Å². The van der Waals surface area contributed by atoms with Crippen LogP contribution in [-0.4, -0.2) is 50.2 Å². The lowest BCUT2D eigenvalue weighted by molar-refractivity contribution is -0.132. The Kier molecular flexibility index (Phi) is 3.74. The van der Waals surface area contributed by atoms with Crippen LogP contribution >= 0.6 is 0 Å². The minimum Gasteiger partial charge on any atom is -0.343 e. The Morgan fingerprint density at radius 2 is 1.84 bits per heavy atom. The molecule has 1 amide bonds. The van der Waals surface area contributed by atoms with Crippen molar-refractivity contribution in [3.63, 3.8) is 0 Å². The largest absolute Gasteiger partial charge is 0.343 e. The minimum atomic E-state index is -3.63. The van der Waals surface area contributed by atoms with E-state index in [1.807, 2.05) is 0 Å². The van der Waals surface area contributed by atoms with Gasteiger partial charge in [0.1, 0.15) is 0 Å². The Labute approximate surface area is 112 Å². The zero-order valence-electron chi connectivity index (χ0n) is 10.5. The average molecular weight is 284 g/mol. The third-order valence-corrected chi connectivity index (χ3v) is 4.94. The van der Waals surface area contributed by atoms with E-state index in [0.717, 1.165) is 0 Å². The first-order valence-corrected chi connectivity index (χ1v) is 7.20. The van der Waals surface area contributed by atoms with Crippen molar-refractivity contribution < 1.29 is 13.2 Å². The Morgan fingerprint density at radius 3 is 2.37 bits per heavy atom. The van der Waals surface area contributed by atoms with E-state index in [1.54, 1.807) is 19.2 Å². The van der Waals surface area contributed by atoms with Gasteiger partial charge in [-0.3, -0.25) is 10.6 Å². The van der Waals surface area contributed by atoms with Crippen LogP contribution < -0.4 is 11.3 Å². The minimum absolute atomic E-state index is 0.115. The molecule has 0 bridgehead atoms. The predicted octanol–water partition coefficient (Wildman–Crippen LogP) is -0.565. The van der Waals surface area contributed by atoms with Gasteiger partial charge in [-0.15, -0.1) is 0 Å². The van der Waals surface area contributed by atoms with Gasteiger partial charge in [-0.05, 0) is 24.3 Å². The van der Waals surface area contributed by atoms with E-state index in [1.165, 1.54) is 21.3 Å². The van der Waals surface area contributed by atoms with E-state index in [0.29, 0.717) is 18.8 Å². The van der Waals surface area contributed by atoms with Crippen molar-refractivity contribution >= 4 is 21.6 Å². The second-order valence-electron chi connectivity index (χ2n) is 4.32. The van der Waals surface area contributed by atoms with Crippen LogP contribution in [0.5, 0.6) is 0 Å². The van der Waals surface area contributed by atoms with Gasteiger partial charge in [0.25, 0.3) is 0 Å². The van der Waals surface area contributed by atoms with Crippen molar-refractivity contribution in [3.8, 4) is 0 Å². The number of anilines is 1. The summed E-state index contributed by atoms with van der Waals surface area (Å²) < 4.78 is 25.9. The van der Waals surface area contributed by atoms with Crippen molar-refractivity contribution in [1.82, 2.24) is 9.21 Å². The molecule has 0 aromatic heterocycles. The molecule has 0 unspecified atom stereocenters. The Balaban J connectivity index is 2.24. The molecule has 1 fully saturated rings. The van der Waals surface area contributed by atoms with Gasteiger partial charge >= 0.3 is 0 Å². The summed E-state index contributed by atoms with van der Waals surface area (Å²) in [5.74, 6) is 5.03. The number of carbonyl (C=O) groups excluding carboxylic acids is 1. The van der Waals surface area contributed by atoms with E-state index >= 15 is 0 Å². The number of hydrogen-bond acceptors (Lipinski definition) is 5. The molecule has 0 saturated carbocycles. The number of piperazine rings is 1. The fourth-order valence-corrected chi connectivity index (χ4v) is 3.19. The molecule has 2 rings (SSSR count). The number of hydrazine groups is 1. The summed E-state index contributed by atoms with van der Waals surface area (Å²) >= 11 is 0. The number of rotatable bonds is 3. The molecule has 1 aromatic carbocycles. The topological polar surface area (TPSA) is 95.7 Å². The van der Waals surface area contributed by atoms with Gasteiger partial charge in [0, 0.05) is 25.8 Å². The Morgan fingerprint density at radius 1 is 1.21 bits per heavy atom. The van der Waals surface area contributed by atoms with Gasteiger partial charge in [-0.1, -0.05) is 0 Å². The monoisotopic (exact) mass is 284 g/mol. The number of likely N-dealkylation sites (N-methyl/N-ethyl adjacent to an activating group) is 1. The summed E-state index contributed by atoms with van der Waals surface area (Å²) in [4.78, 5) is 13.3. The van der Waals surface area contributed by atoms with E-state index in [4.69, 9.17) is 5.84 Å². The smallest absolute Gasteiger partial charge is 0.243 e. The number of carbonyl (C=O) groups is 1. The number of nitrogen functional groups attached to an aromatic ring is 1. The number of nitrogens with one attached hydrogen (secondary N) is 1. The summed E-state index contributed by atoms with van der Waals surface area (Å²) in [6.07, 6.45) is 0. The fourth-order valence-electron chi connectivity index (χ4n) is 1.81. The molecule has 0 radical (unpaired) electrons. The van der Waals surface area contributed by atoms with E-state index < -0.39 is 10.0 Å². The lowest BCUT2D eigenvalue weighted by Crippen LogP contribution is -2.50. The number of hydrogen-bond donors (Lipinski definition) is 2. The Hall–Kier alpha value is -1.64. The molecule has 3 N–H and O–H groups in total. The van der Waals surface area contributed by atoms with Gasteiger partial charge in [0.15, 0.2) is 0 Å². The molecule has 1 aliphatic rings. The molecule has 1 heterocycles. The van der Waals surface area contributed by atoms with Crippen LogP contribution in [0, 0.1) is 0 Å². The SMILES string of the molecule is CN1CCN(S(=O)(=O)c2ccc(NN)cc2)CC1=O. The molecule has 7 nitrogen and oxygen atoms in total. The first-order valence-electron chi connectivity index (χ1n) is 5.76. The van der Waals surface area contributed by atoms with Gasteiger partial charge in [-0.25, -0.2) is 8.42 Å². The third kappa shape index (κ3) is 2.70. The molecule has 0 atom stereocenters. The van der Waals surface area contributed by atoms with E-state index in [9.17, 15) is 13.2 Å². The standard InChI is InChI=1S/C11H16N4O3S/c1-14-6-7-15(8-11(14)16)19(17,18)10-4-2-9(13-12)3-5-10/h2-5,13H,6-8,12H2,1H3. The zero-order valence-corrected chi connectivity index (χ0v) is 11.4. The molecule has 1 saturated heterocycles. The van der Waals surface area contributed by atoms with Crippen LogP contribution in [0.4, 0.5) is 5.69 Å². The van der Waals surface area contributed by atoms with E-state index in [2.05, 4.69) is 5.43 Å². The van der Waals surface area contributed by atoms with Gasteiger partial charge in [0.2, 0.25) is 15.9 Å². The molecule has 1 aromatic rings. The summed E-state index contributed by atoms with van der Waals surface area (Å²) in [5.41, 5.74) is 3.05. The normalized spacial score (nSPS) is 17.6. The average Bonchev–Trinajstić information content (AvgIpc) is 2.41. The maximum atomic E-state index is 12.3. The van der Waals surface area contributed by atoms with Crippen molar-refractivity contribution in [1.29, 1.82) is 0 Å². The second-order valence-corrected chi connectivity index (χ2v) is 6.26. The van der Waals surface area contributed by atoms with Crippen LogP contribution in [0.1, 0.15) is 0 Å². The highest BCUT2D eigenvalue weighted by Crippen LogP contribution is 2.19. The van der Waals surface area contributed by atoms with Crippen LogP contribution in [0.2, 0.25) is 0 Å². The maximum absolute atomic E-state index is 12.3. The second kappa shape index (κ2) is 5.16. The highest BCUT2D eigenvalue weighted by Gasteiger charge is 2.31. The molecular formula is C11H16N4O3S. The molecule has 19 heavy (non-hydrogen) atoms. The van der Waals surface area contributed by atoms with Crippen LogP contribution in [-0.2, 0) is 14.8 Å². The first kappa shape index (κ1) is 13.8. The molecule has 104 valence electrons. The Bertz CT molecular complexity index is 570. The number of sulfonamides is 1. The summed E-state index contributed by atoms with van der Waals surface area (Å²) in [6, 6.07) is 6.08. The lowest BCUT2D eigenvalue weighted by Gasteiger charge is -2.31. The maximum Gasteiger partial charge on any atom is 0.243 e. The number of amides is 1. The number of benzene rings is 1. The lowest BCUT2D eigenvalue weighted by atomic mass is 10.3. The van der Waals surface area contributed by atoms with Crippen LogP contribution in [0.3, 0.4) is 0 Å². The molecular weight excluding hydrogens is 268 g/mol. The summed E-state index contributed by atoms with van der Waals surface area (Å²) in [5, 5.41) is 0. The van der Waals surface area contributed by atoms with Gasteiger partial charge < -0.3 is 10.3 Å². The van der Waals surface area contributed by atoms with Gasteiger partial charge in [-0.2, -0.15) is 4.31 Å². The summed E-state index contributed by atoms with van der Waals surface area (Å²) in [7, 11) is -1.97. The number of nitrogens with zero attached hydrogens (tertiary/aromatic N) is 2. The molecule has 0 spiro atoms. The van der Waals surface area contributed by atoms with E-state index in [-0.39, 0.29) is 17.3 Å². The fraction of sp³-hybridized carbons (Fsp3) is 0.364. The van der Waals surface area contributed by atoms with Crippen LogP contribution in [0.25, 0.3) is 0 Å². The summed E-state index contributed by atoms with van der Waals surface area (Å²) in [6.45, 7) is 0.595. The quantitative estimate of drug-likeness (QED) is 0.573. The molecule has 1 aliphatic heterocycles. The van der Waals surface area contributed by atoms with Crippen molar-refractivity contribution in [2.75, 3.05) is 32.1 Å². The van der Waals surface area contributed by atoms with Crippen molar-refractivity contribution in [2.24, 2.45) is 5.84 Å². The van der Waals surface area contributed by atoms with Crippen LogP contribution in [0.15, 0.2) is 29.2 Å². The highest BCUT2D eigenvalue weighted by molar-refractivity contribution is 7.89. The predicted molar refractivity (Wildman–Crippen MR) is 70.6 cm³/mol. The third-order valence-electron chi connectivity index (χ3n) is 3.08. The molecule has 8 heteroatoms. The highest BCUT2D eigenvalue weighted by atomic mass is 32.2. The van der Waals surface area contributed by atoms with Crippen molar-refractivity contribution in [2.45, 2.75) is 4.90 Å².